The van der Waals surface area contributed by atoms with E-state index in [4.69, 9.17) is 5.26 Å². The highest BCUT2D eigenvalue weighted by molar-refractivity contribution is 5.14. The van der Waals surface area contributed by atoms with Crippen molar-refractivity contribution in [2.45, 2.75) is 19.4 Å². The van der Waals surface area contributed by atoms with Crippen LogP contribution in [0.25, 0.3) is 0 Å². The Balaban J connectivity index is 2.49. The third kappa shape index (κ3) is 3.39. The van der Waals surface area contributed by atoms with Gasteiger partial charge in [0.15, 0.2) is 0 Å². The van der Waals surface area contributed by atoms with Gasteiger partial charge in [0.2, 0.25) is 0 Å². The summed E-state index contributed by atoms with van der Waals surface area (Å²) in [6.07, 6.45) is 0.721. The van der Waals surface area contributed by atoms with Gasteiger partial charge in [0, 0.05) is 6.54 Å². The fourth-order valence-electron chi connectivity index (χ4n) is 1.26. The molecule has 0 saturated carbocycles. The van der Waals surface area contributed by atoms with E-state index < -0.39 is 6.04 Å². The summed E-state index contributed by atoms with van der Waals surface area (Å²) in [5.74, 6) is 0. The highest BCUT2D eigenvalue weighted by Gasteiger charge is 2.11. The minimum absolute atomic E-state index is 0.466. The molecule has 1 rings (SSSR count). The Hall–Kier alpha value is -1.89. The number of nitrogens with zero attached hydrogens (tertiary/aromatic N) is 3. The summed E-state index contributed by atoms with van der Waals surface area (Å²) < 4.78 is 0. The predicted octanol–water partition coefficient (Wildman–Crippen LogP) is 2.12. The number of hydrogen-bond acceptors (Lipinski definition) is 3. The highest BCUT2D eigenvalue weighted by atomic mass is 16.3. The number of hydrogen-bond donors (Lipinski definition) is 0. The van der Waals surface area contributed by atoms with Gasteiger partial charge in [-0.1, -0.05) is 30.3 Å². The van der Waals surface area contributed by atoms with Crippen LogP contribution in [0.4, 0.5) is 0 Å². The summed E-state index contributed by atoms with van der Waals surface area (Å²) in [5.41, 5.74) is 1.14. The second-order valence-electron chi connectivity index (χ2n) is 3.29. The average Bonchev–Trinajstić information content (AvgIpc) is 2.31. The van der Waals surface area contributed by atoms with Gasteiger partial charge in [-0.15, -0.1) is 4.91 Å². The third-order valence-electron chi connectivity index (χ3n) is 2.21. The van der Waals surface area contributed by atoms with E-state index in [0.717, 1.165) is 12.0 Å². The van der Waals surface area contributed by atoms with Crippen molar-refractivity contribution < 1.29 is 0 Å². The topological polar surface area (TPSA) is 56.5 Å². The molecule has 1 unspecified atom stereocenters. The van der Waals surface area contributed by atoms with Crippen LogP contribution in [0.1, 0.15) is 12.5 Å². The molecule has 0 aliphatic rings. The number of benzene rings is 1. The first kappa shape index (κ1) is 11.2. The van der Waals surface area contributed by atoms with Gasteiger partial charge in [-0.25, -0.2) is 5.01 Å². The molecule has 0 spiro atoms. The third-order valence-corrected chi connectivity index (χ3v) is 2.21. The van der Waals surface area contributed by atoms with Crippen LogP contribution in [-0.4, -0.2) is 17.6 Å². The fourth-order valence-corrected chi connectivity index (χ4v) is 1.26. The van der Waals surface area contributed by atoms with Crippen LogP contribution in [0.3, 0.4) is 0 Å². The maximum Gasteiger partial charge on any atom is 0.134 e. The molecule has 78 valence electrons. The molecule has 1 aromatic rings. The first-order valence-corrected chi connectivity index (χ1v) is 4.81. The van der Waals surface area contributed by atoms with Crippen molar-refractivity contribution in [3.05, 3.63) is 40.8 Å². The molecule has 0 aromatic heterocycles. The number of rotatable bonds is 5. The largest absolute Gasteiger partial charge is 0.244 e. The maximum atomic E-state index is 10.5. The molecule has 0 saturated heterocycles. The van der Waals surface area contributed by atoms with Crippen LogP contribution < -0.4 is 0 Å². The Morgan fingerprint density at radius 3 is 2.67 bits per heavy atom. The summed E-state index contributed by atoms with van der Waals surface area (Å²) in [6, 6.07) is 11.3. The van der Waals surface area contributed by atoms with Gasteiger partial charge in [-0.2, -0.15) is 5.26 Å². The quantitative estimate of drug-likeness (QED) is 0.544. The number of nitriles is 1. The Bertz CT molecular complexity index is 345. The molecule has 1 atom stereocenters. The van der Waals surface area contributed by atoms with Crippen molar-refractivity contribution in [1.82, 2.24) is 5.01 Å². The molecule has 0 heterocycles. The van der Waals surface area contributed by atoms with E-state index in [2.05, 4.69) is 5.29 Å². The molecule has 15 heavy (non-hydrogen) atoms. The van der Waals surface area contributed by atoms with E-state index in [1.165, 1.54) is 5.01 Å². The minimum atomic E-state index is -0.466. The Morgan fingerprint density at radius 1 is 1.47 bits per heavy atom. The molecule has 0 aliphatic heterocycles. The normalized spacial score (nSPS) is 11.5. The van der Waals surface area contributed by atoms with Crippen LogP contribution in [0.5, 0.6) is 0 Å². The van der Waals surface area contributed by atoms with Crippen molar-refractivity contribution in [1.29, 1.82) is 5.26 Å². The second-order valence-corrected chi connectivity index (χ2v) is 3.29. The predicted molar refractivity (Wildman–Crippen MR) is 57.7 cm³/mol. The molecular formula is C11H13N3O. The Kier molecular flexibility index (Phi) is 4.30. The van der Waals surface area contributed by atoms with E-state index in [1.807, 2.05) is 36.4 Å². The molecule has 4 nitrogen and oxygen atoms in total. The van der Waals surface area contributed by atoms with Gasteiger partial charge in [0.1, 0.15) is 6.04 Å². The van der Waals surface area contributed by atoms with Crippen molar-refractivity contribution >= 4 is 0 Å². The van der Waals surface area contributed by atoms with Gasteiger partial charge in [-0.3, -0.25) is 0 Å². The lowest BCUT2D eigenvalue weighted by atomic mass is 10.1. The zero-order chi connectivity index (χ0) is 11.1. The molecule has 0 amide bonds. The lowest BCUT2D eigenvalue weighted by molar-refractivity contribution is 0.257. The van der Waals surface area contributed by atoms with Crippen LogP contribution in [0.15, 0.2) is 35.6 Å². The number of nitroso groups, excluding NO2 is 1. The summed E-state index contributed by atoms with van der Waals surface area (Å²) in [6.45, 7) is 2.13. The van der Waals surface area contributed by atoms with Gasteiger partial charge in [0.25, 0.3) is 0 Å². The van der Waals surface area contributed by atoms with Crippen LogP contribution in [0, 0.1) is 16.2 Å². The standard InChI is InChI=1S/C11H13N3O/c1-10(9-12)14(13-15)8-7-11-5-3-2-4-6-11/h2-6,10H,7-8H2,1H3. The van der Waals surface area contributed by atoms with Crippen LogP contribution in [0.2, 0.25) is 0 Å². The van der Waals surface area contributed by atoms with Gasteiger partial charge in [-0.05, 0) is 18.9 Å². The summed E-state index contributed by atoms with van der Waals surface area (Å²) in [7, 11) is 0. The van der Waals surface area contributed by atoms with Crippen molar-refractivity contribution in [2.75, 3.05) is 6.54 Å². The van der Waals surface area contributed by atoms with Crippen LogP contribution >= 0.6 is 0 Å². The lowest BCUT2D eigenvalue weighted by Crippen LogP contribution is -2.28. The molecule has 1 aromatic carbocycles. The molecular weight excluding hydrogens is 190 g/mol. The van der Waals surface area contributed by atoms with E-state index >= 15 is 0 Å². The van der Waals surface area contributed by atoms with E-state index in [-0.39, 0.29) is 0 Å². The molecule has 0 bridgehead atoms. The van der Waals surface area contributed by atoms with Crippen molar-refractivity contribution in [3.8, 4) is 6.07 Å². The molecule has 0 fully saturated rings. The molecule has 0 radical (unpaired) electrons. The first-order chi connectivity index (χ1) is 7.27. The van der Waals surface area contributed by atoms with Gasteiger partial charge < -0.3 is 0 Å². The van der Waals surface area contributed by atoms with E-state index in [1.54, 1.807) is 6.92 Å². The Morgan fingerprint density at radius 2 is 2.13 bits per heavy atom. The SMILES string of the molecule is CC(C#N)N(CCc1ccccc1)N=O. The molecule has 0 aliphatic carbocycles. The van der Waals surface area contributed by atoms with E-state index in [0.29, 0.717) is 6.54 Å². The summed E-state index contributed by atoms with van der Waals surface area (Å²) >= 11 is 0. The van der Waals surface area contributed by atoms with Crippen molar-refractivity contribution in [2.24, 2.45) is 5.29 Å². The zero-order valence-electron chi connectivity index (χ0n) is 8.63. The maximum absolute atomic E-state index is 10.5. The second kappa shape index (κ2) is 5.76. The first-order valence-electron chi connectivity index (χ1n) is 4.81. The van der Waals surface area contributed by atoms with Gasteiger partial charge in [0.05, 0.1) is 11.4 Å². The van der Waals surface area contributed by atoms with Crippen LogP contribution in [-0.2, 0) is 6.42 Å². The summed E-state index contributed by atoms with van der Waals surface area (Å²) in [5, 5.41) is 12.7. The fraction of sp³-hybridized carbons (Fsp3) is 0.364. The minimum Gasteiger partial charge on any atom is -0.244 e. The zero-order valence-corrected chi connectivity index (χ0v) is 8.63. The Labute approximate surface area is 89.1 Å². The average molecular weight is 203 g/mol. The summed E-state index contributed by atoms with van der Waals surface area (Å²) in [4.78, 5) is 10.5. The molecule has 0 N–H and O–H groups in total. The highest BCUT2D eigenvalue weighted by Crippen LogP contribution is 2.04. The smallest absolute Gasteiger partial charge is 0.134 e. The molecule has 4 heteroatoms. The monoisotopic (exact) mass is 203 g/mol. The van der Waals surface area contributed by atoms with E-state index in [9.17, 15) is 4.91 Å². The van der Waals surface area contributed by atoms with Gasteiger partial charge >= 0.3 is 0 Å². The van der Waals surface area contributed by atoms with Crippen molar-refractivity contribution in [3.63, 3.8) is 0 Å². The lowest BCUT2D eigenvalue weighted by Gasteiger charge is -2.16.